The lowest BCUT2D eigenvalue weighted by molar-refractivity contribution is -0.140. The molecule has 110 valence electrons. The van der Waals surface area contributed by atoms with Crippen molar-refractivity contribution in [1.29, 1.82) is 0 Å². The molecule has 0 spiro atoms. The second-order valence-electron chi connectivity index (χ2n) is 4.64. The molecule has 1 unspecified atom stereocenters. The summed E-state index contributed by atoms with van der Waals surface area (Å²) in [5, 5.41) is 3.65. The minimum absolute atomic E-state index is 0.0205. The third kappa shape index (κ3) is 4.37. The molecule has 1 aromatic rings. The van der Waals surface area contributed by atoms with Crippen LogP contribution in [-0.2, 0) is 9.53 Å². The Labute approximate surface area is 123 Å². The highest BCUT2D eigenvalue weighted by atomic mass is 35.5. The van der Waals surface area contributed by atoms with Crippen molar-refractivity contribution in [3.05, 3.63) is 29.3 Å². The standard InChI is InChI=1S/C14H19ClN2O3/c1-16-8-13-9-17(5-6-19-13)14(18)10-20-12-4-2-3-11(15)7-12/h2-4,7,13,16H,5-6,8-10H2,1H3. The maximum atomic E-state index is 12.1. The van der Waals surface area contributed by atoms with E-state index in [1.807, 2.05) is 7.05 Å². The van der Waals surface area contributed by atoms with Gasteiger partial charge in [0, 0.05) is 24.7 Å². The SMILES string of the molecule is CNCC1CN(C(=O)COc2cccc(Cl)c2)CCO1. The maximum absolute atomic E-state index is 12.1. The third-order valence-electron chi connectivity index (χ3n) is 3.08. The molecule has 1 aliphatic rings. The van der Waals surface area contributed by atoms with Gasteiger partial charge in [0.25, 0.3) is 5.91 Å². The molecule has 0 bridgehead atoms. The van der Waals surface area contributed by atoms with Crippen LogP contribution in [0.15, 0.2) is 24.3 Å². The highest BCUT2D eigenvalue weighted by Gasteiger charge is 2.23. The number of morpholine rings is 1. The smallest absolute Gasteiger partial charge is 0.260 e. The normalized spacial score (nSPS) is 18.9. The summed E-state index contributed by atoms with van der Waals surface area (Å²) in [6.45, 7) is 2.53. The van der Waals surface area contributed by atoms with Gasteiger partial charge in [-0.15, -0.1) is 0 Å². The van der Waals surface area contributed by atoms with Gasteiger partial charge in [-0.2, -0.15) is 0 Å². The van der Waals surface area contributed by atoms with Gasteiger partial charge in [-0.3, -0.25) is 4.79 Å². The summed E-state index contributed by atoms with van der Waals surface area (Å²) >= 11 is 5.86. The molecule has 1 aliphatic heterocycles. The summed E-state index contributed by atoms with van der Waals surface area (Å²) < 4.78 is 11.0. The minimum Gasteiger partial charge on any atom is -0.484 e. The fourth-order valence-electron chi connectivity index (χ4n) is 2.09. The van der Waals surface area contributed by atoms with Gasteiger partial charge in [0.15, 0.2) is 6.61 Å². The maximum Gasteiger partial charge on any atom is 0.260 e. The molecule has 1 saturated heterocycles. The molecule has 0 radical (unpaired) electrons. The Morgan fingerprint density at radius 2 is 2.45 bits per heavy atom. The topological polar surface area (TPSA) is 50.8 Å². The van der Waals surface area contributed by atoms with Crippen LogP contribution in [0.5, 0.6) is 5.75 Å². The van der Waals surface area contributed by atoms with Crippen molar-refractivity contribution in [2.24, 2.45) is 0 Å². The third-order valence-corrected chi connectivity index (χ3v) is 3.32. The molecule has 2 rings (SSSR count). The summed E-state index contributed by atoms with van der Waals surface area (Å²) in [5.41, 5.74) is 0. The van der Waals surface area contributed by atoms with Gasteiger partial charge in [0.2, 0.25) is 0 Å². The number of nitrogens with one attached hydrogen (secondary N) is 1. The zero-order valence-electron chi connectivity index (χ0n) is 11.5. The Bertz CT molecular complexity index is 454. The second kappa shape index (κ2) is 7.47. The number of hydrogen-bond acceptors (Lipinski definition) is 4. The van der Waals surface area contributed by atoms with Crippen molar-refractivity contribution in [3.63, 3.8) is 0 Å². The molecule has 0 aliphatic carbocycles. The zero-order valence-corrected chi connectivity index (χ0v) is 12.2. The van der Waals surface area contributed by atoms with E-state index in [2.05, 4.69) is 5.32 Å². The first-order valence-corrected chi connectivity index (χ1v) is 6.99. The molecule has 20 heavy (non-hydrogen) atoms. The fraction of sp³-hybridized carbons (Fsp3) is 0.500. The van der Waals surface area contributed by atoms with Gasteiger partial charge in [0.1, 0.15) is 5.75 Å². The van der Waals surface area contributed by atoms with Gasteiger partial charge >= 0.3 is 0 Å². The number of benzene rings is 1. The quantitative estimate of drug-likeness (QED) is 0.886. The van der Waals surface area contributed by atoms with E-state index < -0.39 is 0 Å². The van der Waals surface area contributed by atoms with Gasteiger partial charge in [-0.25, -0.2) is 0 Å². The number of rotatable bonds is 5. The van der Waals surface area contributed by atoms with E-state index in [-0.39, 0.29) is 18.6 Å². The average Bonchev–Trinajstić information content (AvgIpc) is 2.45. The molecule has 1 amide bonds. The summed E-state index contributed by atoms with van der Waals surface area (Å²) in [6.07, 6.45) is 0.0452. The molecule has 6 heteroatoms. The van der Waals surface area contributed by atoms with Crippen LogP contribution in [0.2, 0.25) is 5.02 Å². The molecule has 0 saturated carbocycles. The molecule has 1 aromatic carbocycles. The number of likely N-dealkylation sites (N-methyl/N-ethyl adjacent to an activating group) is 1. The Morgan fingerprint density at radius 1 is 1.60 bits per heavy atom. The lowest BCUT2D eigenvalue weighted by Gasteiger charge is -2.32. The van der Waals surface area contributed by atoms with E-state index in [9.17, 15) is 4.79 Å². The van der Waals surface area contributed by atoms with Crippen LogP contribution >= 0.6 is 11.6 Å². The molecule has 1 heterocycles. The molecule has 1 fully saturated rings. The van der Waals surface area contributed by atoms with Gasteiger partial charge < -0.3 is 19.7 Å². The van der Waals surface area contributed by atoms with E-state index in [0.717, 1.165) is 6.54 Å². The minimum atomic E-state index is -0.0330. The number of halogens is 1. The number of ether oxygens (including phenoxy) is 2. The number of carbonyl (C=O) groups is 1. The predicted octanol–water partition coefficient (Wildman–Crippen LogP) is 1.17. The lowest BCUT2D eigenvalue weighted by Crippen LogP contribution is -2.49. The molecular weight excluding hydrogens is 280 g/mol. The van der Waals surface area contributed by atoms with Crippen LogP contribution in [0.4, 0.5) is 0 Å². The van der Waals surface area contributed by atoms with E-state index in [4.69, 9.17) is 21.1 Å². The molecule has 5 nitrogen and oxygen atoms in total. The molecule has 1 atom stereocenters. The van der Waals surface area contributed by atoms with Crippen LogP contribution < -0.4 is 10.1 Å². The Kier molecular flexibility index (Phi) is 5.64. The van der Waals surface area contributed by atoms with Crippen LogP contribution in [0.3, 0.4) is 0 Å². The van der Waals surface area contributed by atoms with Crippen molar-refractivity contribution in [3.8, 4) is 5.75 Å². The van der Waals surface area contributed by atoms with Crippen LogP contribution in [0.1, 0.15) is 0 Å². The first-order chi connectivity index (χ1) is 9.69. The van der Waals surface area contributed by atoms with Crippen molar-refractivity contribution >= 4 is 17.5 Å². The second-order valence-corrected chi connectivity index (χ2v) is 5.07. The summed E-state index contributed by atoms with van der Waals surface area (Å²) in [7, 11) is 1.87. The first-order valence-electron chi connectivity index (χ1n) is 6.61. The van der Waals surface area contributed by atoms with Crippen molar-refractivity contribution in [2.45, 2.75) is 6.10 Å². The Balaban J connectivity index is 1.82. The largest absolute Gasteiger partial charge is 0.484 e. The predicted molar refractivity (Wildman–Crippen MR) is 77.2 cm³/mol. The van der Waals surface area contributed by atoms with Crippen molar-refractivity contribution in [1.82, 2.24) is 10.2 Å². The number of carbonyl (C=O) groups excluding carboxylic acids is 1. The Morgan fingerprint density at radius 3 is 3.20 bits per heavy atom. The fourth-order valence-corrected chi connectivity index (χ4v) is 2.27. The van der Waals surface area contributed by atoms with Crippen LogP contribution in [-0.4, -0.2) is 56.8 Å². The highest BCUT2D eigenvalue weighted by molar-refractivity contribution is 6.30. The van der Waals surface area contributed by atoms with E-state index in [1.165, 1.54) is 0 Å². The summed E-state index contributed by atoms with van der Waals surface area (Å²) in [6, 6.07) is 7.03. The zero-order chi connectivity index (χ0) is 14.4. The van der Waals surface area contributed by atoms with Gasteiger partial charge in [0.05, 0.1) is 12.7 Å². The molecule has 0 aromatic heterocycles. The highest BCUT2D eigenvalue weighted by Crippen LogP contribution is 2.17. The number of amides is 1. The number of nitrogens with zero attached hydrogens (tertiary/aromatic N) is 1. The molecule has 1 N–H and O–H groups in total. The van der Waals surface area contributed by atoms with E-state index >= 15 is 0 Å². The van der Waals surface area contributed by atoms with Crippen LogP contribution in [0, 0.1) is 0 Å². The van der Waals surface area contributed by atoms with Gasteiger partial charge in [-0.05, 0) is 25.2 Å². The molecular formula is C14H19ClN2O3. The summed E-state index contributed by atoms with van der Waals surface area (Å²) in [5.74, 6) is 0.570. The van der Waals surface area contributed by atoms with E-state index in [0.29, 0.717) is 30.5 Å². The van der Waals surface area contributed by atoms with Crippen molar-refractivity contribution in [2.75, 3.05) is 39.9 Å². The van der Waals surface area contributed by atoms with E-state index in [1.54, 1.807) is 29.2 Å². The van der Waals surface area contributed by atoms with Crippen molar-refractivity contribution < 1.29 is 14.3 Å². The first kappa shape index (κ1) is 15.1. The lowest BCUT2D eigenvalue weighted by atomic mass is 10.2. The monoisotopic (exact) mass is 298 g/mol. The summed E-state index contributed by atoms with van der Waals surface area (Å²) in [4.78, 5) is 13.9. The van der Waals surface area contributed by atoms with Gasteiger partial charge in [-0.1, -0.05) is 17.7 Å². The van der Waals surface area contributed by atoms with Crippen LogP contribution in [0.25, 0.3) is 0 Å². The average molecular weight is 299 g/mol. The number of hydrogen-bond donors (Lipinski definition) is 1. The Hall–Kier alpha value is -1.30.